The summed E-state index contributed by atoms with van der Waals surface area (Å²) in [5.41, 5.74) is 0.699. The van der Waals surface area contributed by atoms with Crippen LogP contribution in [0, 0.1) is 11.3 Å². The summed E-state index contributed by atoms with van der Waals surface area (Å²) in [7, 11) is 6.61. The summed E-state index contributed by atoms with van der Waals surface area (Å²) in [6.45, 7) is 19.7. The Kier molecular flexibility index (Phi) is 6.15. The van der Waals surface area contributed by atoms with E-state index in [0.29, 0.717) is 11.0 Å². The molecule has 0 unspecified atom stereocenters. The van der Waals surface area contributed by atoms with Crippen LogP contribution in [0.15, 0.2) is 0 Å². The van der Waals surface area contributed by atoms with Gasteiger partial charge in [0, 0.05) is 57.9 Å². The number of piperazine rings is 1. The van der Waals surface area contributed by atoms with Crippen molar-refractivity contribution >= 4 is 0 Å². The first kappa shape index (κ1) is 19.2. The molecule has 4 heteroatoms. The molecular weight excluding hydrogens is 284 g/mol. The average molecular weight is 325 g/mol. The van der Waals surface area contributed by atoms with Gasteiger partial charge in [-0.25, -0.2) is 0 Å². The molecule has 136 valence electrons. The van der Waals surface area contributed by atoms with Crippen LogP contribution >= 0.6 is 0 Å². The van der Waals surface area contributed by atoms with Crippen molar-refractivity contribution in [2.75, 3.05) is 73.5 Å². The highest BCUT2D eigenvalue weighted by molar-refractivity contribution is 4.95. The van der Waals surface area contributed by atoms with E-state index in [-0.39, 0.29) is 0 Å². The van der Waals surface area contributed by atoms with Gasteiger partial charge >= 0.3 is 0 Å². The summed E-state index contributed by atoms with van der Waals surface area (Å²) in [6.07, 6.45) is 1.28. The minimum Gasteiger partial charge on any atom is -0.309 e. The van der Waals surface area contributed by atoms with E-state index < -0.39 is 0 Å². The average Bonchev–Trinajstić information content (AvgIpc) is 2.34. The Morgan fingerprint density at radius 3 is 2.04 bits per heavy atom. The van der Waals surface area contributed by atoms with E-state index in [1.807, 2.05) is 0 Å². The molecule has 0 amide bonds. The molecule has 0 aromatic heterocycles. The Balaban J connectivity index is 1.79. The van der Waals surface area contributed by atoms with Gasteiger partial charge in [0.2, 0.25) is 0 Å². The zero-order valence-corrected chi connectivity index (χ0v) is 16.7. The summed E-state index contributed by atoms with van der Waals surface area (Å²) >= 11 is 0. The lowest BCUT2D eigenvalue weighted by molar-refractivity contribution is -0.0322. The molecule has 0 spiro atoms. The van der Waals surface area contributed by atoms with Gasteiger partial charge < -0.3 is 14.7 Å². The van der Waals surface area contributed by atoms with Gasteiger partial charge in [-0.3, -0.25) is 4.90 Å². The van der Waals surface area contributed by atoms with Crippen LogP contribution in [0.3, 0.4) is 0 Å². The first-order chi connectivity index (χ1) is 10.6. The number of likely N-dealkylation sites (tertiary alicyclic amines) is 1. The van der Waals surface area contributed by atoms with Crippen molar-refractivity contribution in [1.29, 1.82) is 0 Å². The van der Waals surface area contributed by atoms with Crippen molar-refractivity contribution in [2.24, 2.45) is 11.3 Å². The van der Waals surface area contributed by atoms with Crippen molar-refractivity contribution in [2.45, 2.75) is 39.7 Å². The lowest BCUT2D eigenvalue weighted by Gasteiger charge is -2.52. The monoisotopic (exact) mass is 324 g/mol. The smallest absolute Gasteiger partial charge is 0.0159 e. The number of likely N-dealkylation sites (N-methyl/N-ethyl adjacent to an activating group) is 1. The van der Waals surface area contributed by atoms with Gasteiger partial charge in [0.1, 0.15) is 0 Å². The minimum atomic E-state index is 0.318. The molecule has 0 aromatic carbocycles. The normalized spacial score (nSPS) is 23.5. The first-order valence-electron chi connectivity index (χ1n) is 9.38. The van der Waals surface area contributed by atoms with Crippen LogP contribution in [0.4, 0.5) is 0 Å². The molecule has 2 saturated heterocycles. The van der Waals surface area contributed by atoms with Crippen LogP contribution in [0.25, 0.3) is 0 Å². The van der Waals surface area contributed by atoms with Gasteiger partial charge in [-0.2, -0.15) is 0 Å². The molecule has 2 rings (SSSR count). The van der Waals surface area contributed by atoms with Gasteiger partial charge in [0.05, 0.1) is 0 Å². The van der Waals surface area contributed by atoms with Crippen molar-refractivity contribution in [3.63, 3.8) is 0 Å². The van der Waals surface area contributed by atoms with E-state index in [4.69, 9.17) is 0 Å². The maximum Gasteiger partial charge on any atom is 0.0159 e. The van der Waals surface area contributed by atoms with Gasteiger partial charge in [0.25, 0.3) is 0 Å². The predicted octanol–water partition coefficient (Wildman–Crippen LogP) is 1.92. The van der Waals surface area contributed by atoms with Gasteiger partial charge in [-0.15, -0.1) is 0 Å². The Bertz CT molecular complexity index is 364. The second kappa shape index (κ2) is 7.38. The second-order valence-electron chi connectivity index (χ2n) is 9.77. The quantitative estimate of drug-likeness (QED) is 0.709. The third kappa shape index (κ3) is 5.70. The van der Waals surface area contributed by atoms with Gasteiger partial charge in [0.15, 0.2) is 0 Å². The van der Waals surface area contributed by atoms with Crippen LogP contribution in [0.5, 0.6) is 0 Å². The second-order valence-corrected chi connectivity index (χ2v) is 9.77. The summed E-state index contributed by atoms with van der Waals surface area (Å²) in [5.74, 6) is 0.866. The summed E-state index contributed by atoms with van der Waals surface area (Å²) < 4.78 is 0. The van der Waals surface area contributed by atoms with Crippen molar-refractivity contribution < 1.29 is 0 Å². The highest BCUT2D eigenvalue weighted by atomic mass is 15.3. The Hall–Kier alpha value is -0.160. The maximum atomic E-state index is 2.70. The maximum absolute atomic E-state index is 2.70. The fourth-order valence-electron chi connectivity index (χ4n) is 4.65. The van der Waals surface area contributed by atoms with Crippen molar-refractivity contribution in [3.8, 4) is 0 Å². The number of hydrogen-bond donors (Lipinski definition) is 0. The van der Waals surface area contributed by atoms with Crippen LogP contribution in [-0.2, 0) is 0 Å². The van der Waals surface area contributed by atoms with Crippen molar-refractivity contribution in [3.05, 3.63) is 0 Å². The van der Waals surface area contributed by atoms with E-state index in [2.05, 4.69) is 68.4 Å². The van der Waals surface area contributed by atoms with E-state index in [9.17, 15) is 0 Å². The Morgan fingerprint density at radius 1 is 0.957 bits per heavy atom. The highest BCUT2D eigenvalue weighted by Gasteiger charge is 2.40. The molecule has 0 N–H and O–H groups in total. The Labute approximate surface area is 144 Å². The first-order valence-corrected chi connectivity index (χ1v) is 9.38. The van der Waals surface area contributed by atoms with Crippen LogP contribution in [-0.4, -0.2) is 98.6 Å². The molecule has 2 aliphatic heterocycles. The van der Waals surface area contributed by atoms with E-state index in [0.717, 1.165) is 5.92 Å². The van der Waals surface area contributed by atoms with Gasteiger partial charge in [-0.05, 0) is 52.7 Å². The van der Waals surface area contributed by atoms with E-state index in [1.165, 1.54) is 58.8 Å². The zero-order valence-electron chi connectivity index (χ0n) is 16.7. The molecule has 4 nitrogen and oxygen atoms in total. The van der Waals surface area contributed by atoms with Crippen LogP contribution < -0.4 is 0 Å². The topological polar surface area (TPSA) is 13.0 Å². The third-order valence-electron chi connectivity index (χ3n) is 5.60. The molecule has 2 aliphatic rings. The van der Waals surface area contributed by atoms with E-state index in [1.54, 1.807) is 0 Å². The third-order valence-corrected chi connectivity index (χ3v) is 5.60. The molecule has 0 aliphatic carbocycles. The predicted molar refractivity (Wildman–Crippen MR) is 100 cm³/mol. The number of hydrogen-bond acceptors (Lipinski definition) is 4. The Morgan fingerprint density at radius 2 is 1.52 bits per heavy atom. The molecule has 0 radical (unpaired) electrons. The minimum absolute atomic E-state index is 0.318. The lowest BCUT2D eigenvalue weighted by Crippen LogP contribution is -2.60. The fourth-order valence-corrected chi connectivity index (χ4v) is 4.65. The molecule has 2 heterocycles. The number of nitrogens with zero attached hydrogens (tertiary/aromatic N) is 4. The molecular formula is C19H40N4. The molecule has 0 atom stereocenters. The SMILES string of the molecule is CN(C)CC1CN(C(C)(C)CC(C)(C)CN2CCN(C)CC2)C1. The standard InChI is InChI=1S/C19H40N4/c1-18(2,16-22-10-8-21(7)9-11-22)15-19(3,4)23-13-17(14-23)12-20(5)6/h17H,8-16H2,1-7H3. The molecule has 23 heavy (non-hydrogen) atoms. The van der Waals surface area contributed by atoms with E-state index >= 15 is 0 Å². The number of rotatable bonds is 7. The molecule has 0 saturated carbocycles. The molecule has 0 aromatic rings. The highest BCUT2D eigenvalue weighted by Crippen LogP contribution is 2.36. The summed E-state index contributed by atoms with van der Waals surface area (Å²) in [4.78, 5) is 10.1. The van der Waals surface area contributed by atoms with Crippen LogP contribution in [0.1, 0.15) is 34.1 Å². The fraction of sp³-hybridized carbons (Fsp3) is 1.00. The van der Waals surface area contributed by atoms with Crippen molar-refractivity contribution in [1.82, 2.24) is 19.6 Å². The van der Waals surface area contributed by atoms with Gasteiger partial charge in [-0.1, -0.05) is 13.8 Å². The summed E-state index contributed by atoms with van der Waals surface area (Å²) in [5, 5.41) is 0. The lowest BCUT2D eigenvalue weighted by atomic mass is 9.76. The zero-order chi connectivity index (χ0) is 17.3. The summed E-state index contributed by atoms with van der Waals surface area (Å²) in [6, 6.07) is 0. The molecule has 0 bridgehead atoms. The molecule has 2 fully saturated rings. The largest absolute Gasteiger partial charge is 0.309 e. The van der Waals surface area contributed by atoms with Crippen LogP contribution in [0.2, 0.25) is 0 Å².